The van der Waals surface area contributed by atoms with Crippen LogP contribution in [0, 0.1) is 17.7 Å². The lowest BCUT2D eigenvalue weighted by Gasteiger charge is -2.30. The molecule has 0 spiro atoms. The van der Waals surface area contributed by atoms with Crippen LogP contribution < -0.4 is 10.6 Å². The van der Waals surface area contributed by atoms with Crippen LogP contribution in [0.1, 0.15) is 75.3 Å². The van der Waals surface area contributed by atoms with Gasteiger partial charge in [-0.25, -0.2) is 4.39 Å². The monoisotopic (exact) mass is 561 g/mol. The van der Waals surface area contributed by atoms with Gasteiger partial charge in [0.25, 0.3) is 0 Å². The summed E-state index contributed by atoms with van der Waals surface area (Å²) in [6.45, 7) is 4.23. The molecule has 1 saturated carbocycles. The smallest absolute Gasteiger partial charge is 0.234 e. The van der Waals surface area contributed by atoms with Crippen LogP contribution >= 0.6 is 0 Å². The summed E-state index contributed by atoms with van der Waals surface area (Å²) >= 11 is 0. The fourth-order valence-electron chi connectivity index (χ4n) is 7.27. The van der Waals surface area contributed by atoms with Crippen molar-refractivity contribution in [2.75, 3.05) is 20.1 Å². The molecule has 0 bridgehead atoms. The minimum Gasteiger partial charge on any atom is -0.361 e. The van der Waals surface area contributed by atoms with Gasteiger partial charge in [-0.15, -0.1) is 0 Å². The highest BCUT2D eigenvalue weighted by molar-refractivity contribution is 5.90. The minimum absolute atomic E-state index is 0.107. The summed E-state index contributed by atoms with van der Waals surface area (Å²) in [6, 6.07) is 8.98. The maximum Gasteiger partial charge on any atom is 0.234 e. The van der Waals surface area contributed by atoms with Gasteiger partial charge in [0.05, 0.1) is 12.6 Å². The molecule has 7 nitrogen and oxygen atoms in total. The third-order valence-electron chi connectivity index (χ3n) is 9.37. The molecule has 220 valence electrons. The lowest BCUT2D eigenvalue weighted by Crippen LogP contribution is -2.48. The Morgan fingerprint density at radius 2 is 2.02 bits per heavy atom. The van der Waals surface area contributed by atoms with E-state index in [2.05, 4.69) is 38.5 Å². The zero-order chi connectivity index (χ0) is 28.8. The summed E-state index contributed by atoms with van der Waals surface area (Å²) in [4.78, 5) is 36.1. The Balaban J connectivity index is 1.29. The average molecular weight is 562 g/mol. The molecule has 2 aromatic heterocycles. The molecule has 3 aromatic rings. The molecule has 2 fully saturated rings. The number of Topliss-reactive ketones (excluding diaryl/α,β-unsaturated/α-hetero) is 1. The number of likely N-dealkylation sites (tertiary alicyclic amines) is 1. The highest BCUT2D eigenvalue weighted by atomic mass is 19.1. The molecule has 1 aliphatic carbocycles. The lowest BCUT2D eigenvalue weighted by atomic mass is 9.81. The number of hydrogen-bond acceptors (Lipinski definition) is 5. The number of nitrogens with one attached hydrogen (secondary N) is 3. The van der Waals surface area contributed by atoms with Gasteiger partial charge in [-0.05, 0) is 80.0 Å². The number of carbonyl (C=O) groups is 2. The summed E-state index contributed by atoms with van der Waals surface area (Å²) < 4.78 is 13.9. The first kappa shape index (κ1) is 29.4. The molecule has 2 aliphatic rings. The van der Waals surface area contributed by atoms with Crippen molar-refractivity contribution < 1.29 is 14.0 Å². The molecule has 4 atom stereocenters. The topological polar surface area (TPSA) is 90.1 Å². The summed E-state index contributed by atoms with van der Waals surface area (Å²) in [5.41, 5.74) is 3.23. The molecule has 0 radical (unpaired) electrons. The molecular weight excluding hydrogens is 517 g/mol. The van der Waals surface area contributed by atoms with Crippen molar-refractivity contribution in [3.8, 4) is 0 Å². The van der Waals surface area contributed by atoms with Crippen LogP contribution in [0.4, 0.5) is 4.39 Å². The van der Waals surface area contributed by atoms with E-state index in [0.29, 0.717) is 24.3 Å². The van der Waals surface area contributed by atoms with Gasteiger partial charge in [-0.2, -0.15) is 0 Å². The molecule has 3 N–H and O–H groups in total. The van der Waals surface area contributed by atoms with Gasteiger partial charge in [-0.1, -0.05) is 32.3 Å². The van der Waals surface area contributed by atoms with E-state index in [1.54, 1.807) is 19.3 Å². The van der Waals surface area contributed by atoms with Crippen molar-refractivity contribution in [2.45, 2.75) is 82.8 Å². The molecule has 3 heterocycles. The first-order valence-electron chi connectivity index (χ1n) is 15.3. The number of fused-ring (bicyclic) bond motifs is 1. The molecule has 1 amide bonds. The third-order valence-corrected chi connectivity index (χ3v) is 9.37. The van der Waals surface area contributed by atoms with Gasteiger partial charge in [-0.3, -0.25) is 19.5 Å². The number of nitrogens with zero attached hydrogens (tertiary/aromatic N) is 2. The van der Waals surface area contributed by atoms with Crippen molar-refractivity contribution in [3.05, 3.63) is 65.9 Å². The predicted molar refractivity (Wildman–Crippen MR) is 160 cm³/mol. The van der Waals surface area contributed by atoms with Crippen LogP contribution in [0.15, 0.2) is 48.9 Å². The number of aromatic amines is 1. The van der Waals surface area contributed by atoms with Gasteiger partial charge in [0, 0.05) is 61.0 Å². The highest BCUT2D eigenvalue weighted by Crippen LogP contribution is 2.42. The number of H-pyrrole nitrogens is 1. The van der Waals surface area contributed by atoms with Crippen molar-refractivity contribution in [3.63, 3.8) is 0 Å². The Morgan fingerprint density at radius 1 is 1.20 bits per heavy atom. The predicted octanol–water partition coefficient (Wildman–Crippen LogP) is 5.33. The summed E-state index contributed by atoms with van der Waals surface area (Å²) in [5, 5.41) is 7.04. The Morgan fingerprint density at radius 3 is 2.78 bits per heavy atom. The Kier molecular flexibility index (Phi) is 9.83. The van der Waals surface area contributed by atoms with Crippen molar-refractivity contribution in [1.82, 2.24) is 25.5 Å². The molecule has 1 aromatic carbocycles. The van der Waals surface area contributed by atoms with Crippen LogP contribution in [-0.4, -0.2) is 58.8 Å². The van der Waals surface area contributed by atoms with Gasteiger partial charge >= 0.3 is 0 Å². The summed E-state index contributed by atoms with van der Waals surface area (Å²) in [5.74, 6) is 0.712. The molecule has 5 rings (SSSR count). The van der Waals surface area contributed by atoms with Crippen LogP contribution in [0.5, 0.6) is 0 Å². The van der Waals surface area contributed by atoms with E-state index >= 15 is 0 Å². The fourth-order valence-corrected chi connectivity index (χ4v) is 7.27. The number of hydrogen-bond donors (Lipinski definition) is 3. The van der Waals surface area contributed by atoms with Crippen LogP contribution in [0.3, 0.4) is 0 Å². The minimum atomic E-state index is -0.386. The van der Waals surface area contributed by atoms with Crippen LogP contribution in [0.25, 0.3) is 10.9 Å². The molecule has 1 unspecified atom stereocenters. The van der Waals surface area contributed by atoms with Crippen molar-refractivity contribution in [1.29, 1.82) is 0 Å². The average Bonchev–Trinajstić information content (AvgIpc) is 3.52. The number of carbonyl (C=O) groups excluding carboxylic acids is 2. The van der Waals surface area contributed by atoms with E-state index in [1.807, 2.05) is 24.5 Å². The van der Waals surface area contributed by atoms with Gasteiger partial charge in [0.15, 0.2) is 5.78 Å². The van der Waals surface area contributed by atoms with E-state index in [9.17, 15) is 14.0 Å². The number of pyridine rings is 1. The molecular formula is C33H44FN5O2. The second-order valence-corrected chi connectivity index (χ2v) is 12.1. The van der Waals surface area contributed by atoms with Gasteiger partial charge in [0.1, 0.15) is 5.82 Å². The number of amides is 1. The van der Waals surface area contributed by atoms with Gasteiger partial charge < -0.3 is 15.6 Å². The number of aromatic nitrogens is 2. The third kappa shape index (κ3) is 7.04. The Labute approximate surface area is 242 Å². The zero-order valence-corrected chi connectivity index (χ0v) is 24.4. The first-order chi connectivity index (χ1) is 19.9. The fraction of sp³-hybridized carbons (Fsp3) is 0.545. The number of likely N-dealkylation sites (N-methyl/N-ethyl adjacent to an activating group) is 1. The normalized spacial score (nSPS) is 22.7. The maximum atomic E-state index is 13.9. The number of halogens is 1. The second kappa shape index (κ2) is 13.7. The Bertz CT molecular complexity index is 1310. The summed E-state index contributed by atoms with van der Waals surface area (Å²) in [6.07, 6.45) is 13.4. The zero-order valence-electron chi connectivity index (χ0n) is 24.4. The Hall–Kier alpha value is -3.10. The quantitative estimate of drug-likeness (QED) is 0.278. The number of benzene rings is 1. The first-order valence-corrected chi connectivity index (χ1v) is 15.3. The van der Waals surface area contributed by atoms with E-state index in [-0.39, 0.29) is 36.0 Å². The standard InChI is InChI=1S/C33H44FN5O2/c1-22-28(27-18-37-29-16-25(34)13-14-26(27)29)21-39(20-23-8-7-15-36-17-23)30(22)11-6-12-31(40)33(38-32(41)19-35-2)24-9-4-3-5-10-24/h7-8,13-18,22,24,28,30,33,35,37H,3-6,9-12,19-21H2,1-2H3,(H,38,41)/t22-,28+,30-,33?/m1/s1. The maximum absolute atomic E-state index is 13.9. The molecule has 8 heteroatoms. The molecule has 41 heavy (non-hydrogen) atoms. The lowest BCUT2D eigenvalue weighted by molar-refractivity contribution is -0.129. The van der Waals surface area contributed by atoms with Crippen molar-refractivity contribution >= 4 is 22.6 Å². The largest absolute Gasteiger partial charge is 0.361 e. The second-order valence-electron chi connectivity index (χ2n) is 12.1. The number of rotatable bonds is 12. The van der Waals surface area contributed by atoms with E-state index in [0.717, 1.165) is 62.5 Å². The van der Waals surface area contributed by atoms with Crippen molar-refractivity contribution in [2.24, 2.45) is 11.8 Å². The number of ketones is 1. The van der Waals surface area contributed by atoms with E-state index in [1.165, 1.54) is 23.6 Å². The van der Waals surface area contributed by atoms with Crippen LogP contribution in [0.2, 0.25) is 0 Å². The molecule has 1 saturated heterocycles. The highest BCUT2D eigenvalue weighted by Gasteiger charge is 2.40. The van der Waals surface area contributed by atoms with Crippen LogP contribution in [-0.2, 0) is 16.1 Å². The van der Waals surface area contributed by atoms with E-state index in [4.69, 9.17) is 0 Å². The van der Waals surface area contributed by atoms with E-state index < -0.39 is 0 Å². The SMILES string of the molecule is CNCC(=O)NC(C(=O)CCC[C@@H]1[C@H](C)[C@@H](c2c[nH]c3cc(F)ccc23)CN1Cc1cccnc1)C1CCCCC1. The van der Waals surface area contributed by atoms with Gasteiger partial charge in [0.2, 0.25) is 5.91 Å². The molecule has 1 aliphatic heterocycles. The summed E-state index contributed by atoms with van der Waals surface area (Å²) in [7, 11) is 1.75.